The molecule has 0 unspecified atom stereocenters. The van der Waals surface area contributed by atoms with Crippen LogP contribution in [0.5, 0.6) is 0 Å². The van der Waals surface area contributed by atoms with Crippen LogP contribution in [0.4, 0.5) is 0 Å². The smallest absolute Gasteiger partial charge is 0.0995 e. The van der Waals surface area contributed by atoms with E-state index in [1.54, 1.807) is 0 Å². The molecule has 1 aliphatic rings. The van der Waals surface area contributed by atoms with Crippen LogP contribution in [-0.2, 0) is 6.54 Å². The summed E-state index contributed by atoms with van der Waals surface area (Å²) in [7, 11) is 0. The van der Waals surface area contributed by atoms with E-state index in [9.17, 15) is 0 Å². The molecule has 1 saturated carbocycles. The van der Waals surface area contributed by atoms with Crippen molar-refractivity contribution in [1.82, 2.24) is 5.32 Å². The average molecular weight is 242 g/mol. The van der Waals surface area contributed by atoms with Crippen LogP contribution in [-0.4, -0.2) is 6.54 Å². The standard InChI is InChI=1S/C16H22N2/c1-2-16(9-5-6-10-16)13-18-12-15-8-4-3-7-14(15)11-17/h3-4,7-8,18H,2,5-6,9-10,12-13H2,1H3. The van der Waals surface area contributed by atoms with Crippen molar-refractivity contribution in [2.75, 3.05) is 6.54 Å². The summed E-state index contributed by atoms with van der Waals surface area (Å²) >= 11 is 0. The van der Waals surface area contributed by atoms with Gasteiger partial charge >= 0.3 is 0 Å². The van der Waals surface area contributed by atoms with Crippen molar-refractivity contribution in [2.45, 2.75) is 45.6 Å². The Labute approximate surface area is 110 Å². The van der Waals surface area contributed by atoms with Gasteiger partial charge < -0.3 is 5.32 Å². The molecule has 18 heavy (non-hydrogen) atoms. The summed E-state index contributed by atoms with van der Waals surface area (Å²) in [5.74, 6) is 0. The van der Waals surface area contributed by atoms with E-state index in [0.29, 0.717) is 5.41 Å². The average Bonchev–Trinajstić information content (AvgIpc) is 2.89. The minimum absolute atomic E-state index is 0.515. The fourth-order valence-corrected chi connectivity index (χ4v) is 3.03. The van der Waals surface area contributed by atoms with Gasteiger partial charge in [-0.25, -0.2) is 0 Å². The summed E-state index contributed by atoms with van der Waals surface area (Å²) in [5.41, 5.74) is 2.42. The molecule has 0 aromatic heterocycles. The highest BCUT2D eigenvalue weighted by Gasteiger charge is 2.31. The van der Waals surface area contributed by atoms with Gasteiger partial charge in [0.1, 0.15) is 0 Å². The lowest BCUT2D eigenvalue weighted by molar-refractivity contribution is 0.268. The molecule has 0 radical (unpaired) electrons. The molecular formula is C16H22N2. The summed E-state index contributed by atoms with van der Waals surface area (Å²) < 4.78 is 0. The number of rotatable bonds is 5. The van der Waals surface area contributed by atoms with Crippen LogP contribution in [0.25, 0.3) is 0 Å². The van der Waals surface area contributed by atoms with E-state index in [4.69, 9.17) is 5.26 Å². The fourth-order valence-electron chi connectivity index (χ4n) is 3.03. The van der Waals surface area contributed by atoms with E-state index in [2.05, 4.69) is 18.3 Å². The lowest BCUT2D eigenvalue weighted by Gasteiger charge is -2.27. The first kappa shape index (κ1) is 13.1. The van der Waals surface area contributed by atoms with Crippen LogP contribution in [0.2, 0.25) is 0 Å². The minimum atomic E-state index is 0.515. The van der Waals surface area contributed by atoms with Gasteiger partial charge in [-0.2, -0.15) is 5.26 Å². The molecule has 0 bridgehead atoms. The molecule has 2 heteroatoms. The second-order valence-electron chi connectivity index (χ2n) is 5.43. The third-order valence-electron chi connectivity index (χ3n) is 4.37. The van der Waals surface area contributed by atoms with Crippen molar-refractivity contribution in [1.29, 1.82) is 5.26 Å². The van der Waals surface area contributed by atoms with E-state index in [0.717, 1.165) is 24.2 Å². The maximum Gasteiger partial charge on any atom is 0.0995 e. The topological polar surface area (TPSA) is 35.8 Å². The van der Waals surface area contributed by atoms with Gasteiger partial charge in [-0.15, -0.1) is 0 Å². The molecule has 0 saturated heterocycles. The zero-order valence-electron chi connectivity index (χ0n) is 11.2. The first-order valence-corrected chi connectivity index (χ1v) is 6.98. The molecule has 0 atom stereocenters. The van der Waals surface area contributed by atoms with E-state index < -0.39 is 0 Å². The Morgan fingerprint density at radius 1 is 1.28 bits per heavy atom. The molecule has 1 aromatic carbocycles. The Bertz CT molecular complexity index is 425. The van der Waals surface area contributed by atoms with Gasteiger partial charge in [0.2, 0.25) is 0 Å². The second kappa shape index (κ2) is 6.02. The maximum absolute atomic E-state index is 9.05. The van der Waals surface area contributed by atoms with Gasteiger partial charge in [0.15, 0.2) is 0 Å². The number of hydrogen-bond donors (Lipinski definition) is 1. The Morgan fingerprint density at radius 2 is 2.00 bits per heavy atom. The Balaban J connectivity index is 1.90. The maximum atomic E-state index is 9.05. The quantitative estimate of drug-likeness (QED) is 0.856. The molecule has 2 nitrogen and oxygen atoms in total. The van der Waals surface area contributed by atoms with Crippen molar-refractivity contribution in [3.8, 4) is 6.07 Å². The predicted molar refractivity (Wildman–Crippen MR) is 74.1 cm³/mol. The largest absolute Gasteiger partial charge is 0.312 e. The predicted octanol–water partition coefficient (Wildman–Crippen LogP) is 3.62. The van der Waals surface area contributed by atoms with Crippen LogP contribution < -0.4 is 5.32 Å². The van der Waals surface area contributed by atoms with Crippen LogP contribution in [0.3, 0.4) is 0 Å². The molecule has 2 rings (SSSR count). The number of nitrogens with one attached hydrogen (secondary N) is 1. The van der Waals surface area contributed by atoms with Gasteiger partial charge in [-0.3, -0.25) is 0 Å². The van der Waals surface area contributed by atoms with Gasteiger partial charge in [-0.1, -0.05) is 38.0 Å². The first-order valence-electron chi connectivity index (χ1n) is 6.98. The zero-order chi connectivity index (χ0) is 12.8. The van der Waals surface area contributed by atoms with Gasteiger partial charge in [0, 0.05) is 13.1 Å². The third kappa shape index (κ3) is 2.91. The van der Waals surface area contributed by atoms with Crippen molar-refractivity contribution in [3.05, 3.63) is 35.4 Å². The third-order valence-corrected chi connectivity index (χ3v) is 4.37. The van der Waals surface area contributed by atoms with E-state index in [1.165, 1.54) is 32.1 Å². The summed E-state index contributed by atoms with van der Waals surface area (Å²) in [6, 6.07) is 10.1. The number of benzene rings is 1. The highest BCUT2D eigenvalue weighted by atomic mass is 14.9. The van der Waals surface area contributed by atoms with Crippen LogP contribution in [0, 0.1) is 16.7 Å². The lowest BCUT2D eigenvalue weighted by Crippen LogP contribution is -2.31. The first-order chi connectivity index (χ1) is 8.79. The summed E-state index contributed by atoms with van der Waals surface area (Å²) in [6.45, 7) is 4.20. The van der Waals surface area contributed by atoms with Crippen LogP contribution in [0.15, 0.2) is 24.3 Å². The molecule has 1 aromatic rings. The number of hydrogen-bond acceptors (Lipinski definition) is 2. The van der Waals surface area contributed by atoms with Crippen LogP contribution >= 0.6 is 0 Å². The molecule has 1 N–H and O–H groups in total. The molecular weight excluding hydrogens is 220 g/mol. The molecule has 0 aliphatic heterocycles. The van der Waals surface area contributed by atoms with Crippen molar-refractivity contribution in [3.63, 3.8) is 0 Å². The van der Waals surface area contributed by atoms with Gasteiger partial charge in [0.25, 0.3) is 0 Å². The number of nitriles is 1. The minimum Gasteiger partial charge on any atom is -0.312 e. The van der Waals surface area contributed by atoms with Crippen molar-refractivity contribution >= 4 is 0 Å². The summed E-state index contributed by atoms with van der Waals surface area (Å²) in [5, 5.41) is 12.6. The van der Waals surface area contributed by atoms with Gasteiger partial charge in [-0.05, 0) is 36.3 Å². The SMILES string of the molecule is CCC1(CNCc2ccccc2C#N)CCCC1. The molecule has 0 heterocycles. The molecule has 0 amide bonds. The Hall–Kier alpha value is -1.33. The number of nitrogens with zero attached hydrogens (tertiary/aromatic N) is 1. The zero-order valence-corrected chi connectivity index (χ0v) is 11.2. The fraction of sp³-hybridized carbons (Fsp3) is 0.562. The Kier molecular flexibility index (Phi) is 4.38. The molecule has 1 aliphatic carbocycles. The van der Waals surface area contributed by atoms with Crippen LogP contribution in [0.1, 0.15) is 50.2 Å². The Morgan fingerprint density at radius 3 is 2.67 bits per heavy atom. The van der Waals surface area contributed by atoms with Crippen molar-refractivity contribution in [2.24, 2.45) is 5.41 Å². The van der Waals surface area contributed by atoms with Gasteiger partial charge in [0.05, 0.1) is 11.6 Å². The highest BCUT2D eigenvalue weighted by molar-refractivity contribution is 5.37. The van der Waals surface area contributed by atoms with E-state index in [-0.39, 0.29) is 0 Å². The molecule has 96 valence electrons. The van der Waals surface area contributed by atoms with E-state index in [1.807, 2.05) is 24.3 Å². The summed E-state index contributed by atoms with van der Waals surface area (Å²) in [4.78, 5) is 0. The second-order valence-corrected chi connectivity index (χ2v) is 5.43. The molecule has 0 spiro atoms. The highest BCUT2D eigenvalue weighted by Crippen LogP contribution is 2.40. The monoisotopic (exact) mass is 242 g/mol. The van der Waals surface area contributed by atoms with E-state index >= 15 is 0 Å². The lowest BCUT2D eigenvalue weighted by atomic mass is 9.83. The summed E-state index contributed by atoms with van der Waals surface area (Å²) in [6.07, 6.45) is 6.74. The van der Waals surface area contributed by atoms with Crippen molar-refractivity contribution < 1.29 is 0 Å². The molecule has 1 fully saturated rings. The normalized spacial score (nSPS) is 17.6.